The van der Waals surface area contributed by atoms with Crippen molar-refractivity contribution in [1.82, 2.24) is 0 Å². The summed E-state index contributed by atoms with van der Waals surface area (Å²) in [6.07, 6.45) is 0. The Labute approximate surface area is 79.4 Å². The van der Waals surface area contributed by atoms with Crippen LogP contribution in [0.5, 0.6) is 0 Å². The van der Waals surface area contributed by atoms with Crippen molar-refractivity contribution in [3.8, 4) is 0 Å². The minimum absolute atomic E-state index is 0.292. The first-order valence-corrected chi connectivity index (χ1v) is 4.70. The fraction of sp³-hybridized carbons (Fsp3) is 0.100. The number of rotatable bonds is 1. The number of carboxylic acids is 1. The Morgan fingerprint density at radius 3 is 2.85 bits per heavy atom. The van der Waals surface area contributed by atoms with Crippen LogP contribution in [0.3, 0.4) is 0 Å². The van der Waals surface area contributed by atoms with Gasteiger partial charge in [0.1, 0.15) is 0 Å². The van der Waals surface area contributed by atoms with Crippen LogP contribution in [0.25, 0.3) is 10.1 Å². The Balaban J connectivity index is 2.68. The van der Waals surface area contributed by atoms with E-state index in [9.17, 15) is 9.90 Å². The van der Waals surface area contributed by atoms with E-state index in [0.29, 0.717) is 4.88 Å². The minimum Gasteiger partial charge on any atom is -0.544 e. The van der Waals surface area contributed by atoms with E-state index in [1.807, 2.05) is 25.1 Å². The quantitative estimate of drug-likeness (QED) is 0.686. The highest BCUT2D eigenvalue weighted by Crippen LogP contribution is 2.25. The molecule has 1 aromatic carbocycles. The molecular formula is C10H7O2S-. The van der Waals surface area contributed by atoms with Crippen LogP contribution in [-0.4, -0.2) is 5.97 Å². The molecule has 1 heterocycles. The SMILES string of the molecule is Cc1ccc2sc(C(=O)[O-])cc2c1. The number of benzene rings is 1. The average Bonchev–Trinajstić information content (AvgIpc) is 2.46. The Hall–Kier alpha value is -1.35. The van der Waals surface area contributed by atoms with Crippen LogP contribution in [0.4, 0.5) is 0 Å². The van der Waals surface area contributed by atoms with E-state index in [1.54, 1.807) is 6.07 Å². The molecule has 66 valence electrons. The molecule has 0 aliphatic heterocycles. The molecule has 0 saturated heterocycles. The molecule has 0 unspecified atom stereocenters. The summed E-state index contributed by atoms with van der Waals surface area (Å²) in [5.74, 6) is -1.10. The third-order valence-electron chi connectivity index (χ3n) is 1.87. The van der Waals surface area contributed by atoms with Gasteiger partial charge in [-0.1, -0.05) is 17.7 Å². The number of fused-ring (bicyclic) bond motifs is 1. The predicted molar refractivity (Wildman–Crippen MR) is 50.9 cm³/mol. The summed E-state index contributed by atoms with van der Waals surface area (Å²) in [5.41, 5.74) is 1.13. The van der Waals surface area contributed by atoms with Gasteiger partial charge in [0.15, 0.2) is 0 Å². The molecule has 0 fully saturated rings. The predicted octanol–water partition coefficient (Wildman–Crippen LogP) is 1.57. The van der Waals surface area contributed by atoms with Crippen LogP contribution in [0, 0.1) is 6.92 Å². The molecule has 2 rings (SSSR count). The summed E-state index contributed by atoms with van der Waals surface area (Å²) >= 11 is 1.25. The molecule has 1 aromatic heterocycles. The van der Waals surface area contributed by atoms with E-state index in [1.165, 1.54) is 11.3 Å². The lowest BCUT2D eigenvalue weighted by Crippen LogP contribution is -2.20. The number of aromatic carboxylic acids is 1. The van der Waals surface area contributed by atoms with Crippen molar-refractivity contribution >= 4 is 27.4 Å². The Kier molecular flexibility index (Phi) is 1.81. The molecule has 0 amide bonds. The van der Waals surface area contributed by atoms with Crippen molar-refractivity contribution < 1.29 is 9.90 Å². The van der Waals surface area contributed by atoms with Crippen molar-refractivity contribution in [2.75, 3.05) is 0 Å². The van der Waals surface area contributed by atoms with Gasteiger partial charge in [0.05, 0.1) is 10.8 Å². The van der Waals surface area contributed by atoms with Gasteiger partial charge in [0, 0.05) is 4.70 Å². The fourth-order valence-electron chi connectivity index (χ4n) is 1.26. The van der Waals surface area contributed by atoms with E-state index in [4.69, 9.17) is 0 Å². The van der Waals surface area contributed by atoms with Gasteiger partial charge in [-0.2, -0.15) is 0 Å². The van der Waals surface area contributed by atoms with Gasteiger partial charge in [-0.05, 0) is 24.4 Å². The van der Waals surface area contributed by atoms with Crippen molar-refractivity contribution in [3.05, 3.63) is 34.7 Å². The maximum Gasteiger partial charge on any atom is 0.0815 e. The highest BCUT2D eigenvalue weighted by Gasteiger charge is 2.01. The van der Waals surface area contributed by atoms with Crippen LogP contribution >= 0.6 is 11.3 Å². The fourth-order valence-corrected chi connectivity index (χ4v) is 2.14. The largest absolute Gasteiger partial charge is 0.544 e. The van der Waals surface area contributed by atoms with Gasteiger partial charge >= 0.3 is 0 Å². The normalized spacial score (nSPS) is 10.5. The first kappa shape index (κ1) is 8.26. The van der Waals surface area contributed by atoms with Crippen molar-refractivity contribution in [2.24, 2.45) is 0 Å². The van der Waals surface area contributed by atoms with Crippen molar-refractivity contribution in [2.45, 2.75) is 6.92 Å². The number of hydrogen-bond acceptors (Lipinski definition) is 3. The summed E-state index contributed by atoms with van der Waals surface area (Å²) < 4.78 is 0.991. The molecule has 0 atom stereocenters. The van der Waals surface area contributed by atoms with E-state index in [-0.39, 0.29) is 0 Å². The lowest BCUT2D eigenvalue weighted by Gasteiger charge is -1.92. The number of thiophene rings is 1. The van der Waals surface area contributed by atoms with Crippen LogP contribution in [0.2, 0.25) is 0 Å². The highest BCUT2D eigenvalue weighted by atomic mass is 32.1. The molecule has 0 spiro atoms. The molecule has 0 bridgehead atoms. The molecular weight excluding hydrogens is 184 g/mol. The van der Waals surface area contributed by atoms with Gasteiger partial charge in [-0.3, -0.25) is 0 Å². The first-order valence-electron chi connectivity index (χ1n) is 3.88. The lowest BCUT2D eigenvalue weighted by atomic mass is 10.2. The van der Waals surface area contributed by atoms with Crippen molar-refractivity contribution in [1.29, 1.82) is 0 Å². The molecule has 2 aromatic rings. The molecule has 0 saturated carbocycles. The van der Waals surface area contributed by atoms with E-state index in [0.717, 1.165) is 15.6 Å². The van der Waals surface area contributed by atoms with E-state index < -0.39 is 5.97 Å². The maximum absolute atomic E-state index is 10.6. The summed E-state index contributed by atoms with van der Waals surface area (Å²) in [4.78, 5) is 10.8. The van der Waals surface area contributed by atoms with Gasteiger partial charge in [-0.15, -0.1) is 11.3 Å². The first-order chi connectivity index (χ1) is 6.16. The summed E-state index contributed by atoms with van der Waals surface area (Å²) in [7, 11) is 0. The second-order valence-corrected chi connectivity index (χ2v) is 4.02. The zero-order valence-electron chi connectivity index (χ0n) is 7.03. The molecule has 0 N–H and O–H groups in total. The minimum atomic E-state index is -1.10. The van der Waals surface area contributed by atoms with Crippen LogP contribution in [0.15, 0.2) is 24.3 Å². The third kappa shape index (κ3) is 1.42. The Bertz CT molecular complexity index is 471. The van der Waals surface area contributed by atoms with Gasteiger partial charge in [-0.25, -0.2) is 0 Å². The smallest absolute Gasteiger partial charge is 0.0815 e. The highest BCUT2D eigenvalue weighted by molar-refractivity contribution is 7.20. The molecule has 0 aliphatic rings. The molecule has 0 aliphatic carbocycles. The second kappa shape index (κ2) is 2.85. The Morgan fingerprint density at radius 1 is 1.38 bits per heavy atom. The standard InChI is InChI=1S/C10H8O2S/c1-6-2-3-8-7(4-6)5-9(13-8)10(11)12/h2-5H,1H3,(H,11,12)/p-1. The Morgan fingerprint density at radius 2 is 2.15 bits per heavy atom. The summed E-state index contributed by atoms with van der Waals surface area (Å²) in [5, 5.41) is 11.5. The van der Waals surface area contributed by atoms with Gasteiger partial charge < -0.3 is 9.90 Å². The maximum atomic E-state index is 10.6. The molecule has 13 heavy (non-hydrogen) atoms. The van der Waals surface area contributed by atoms with Gasteiger partial charge in [0.2, 0.25) is 0 Å². The lowest BCUT2D eigenvalue weighted by molar-refractivity contribution is -0.254. The number of carboxylic acid groups (broad SMARTS) is 1. The average molecular weight is 191 g/mol. The third-order valence-corrected chi connectivity index (χ3v) is 2.97. The number of aryl methyl sites for hydroxylation is 1. The van der Waals surface area contributed by atoms with E-state index in [2.05, 4.69) is 0 Å². The topological polar surface area (TPSA) is 40.1 Å². The second-order valence-electron chi connectivity index (χ2n) is 2.94. The summed E-state index contributed by atoms with van der Waals surface area (Å²) in [6.45, 7) is 1.98. The summed E-state index contributed by atoms with van der Waals surface area (Å²) in [6, 6.07) is 7.53. The number of hydrogen-bond donors (Lipinski definition) is 0. The zero-order chi connectivity index (χ0) is 9.42. The van der Waals surface area contributed by atoms with Crippen molar-refractivity contribution in [3.63, 3.8) is 0 Å². The monoisotopic (exact) mass is 191 g/mol. The molecule has 0 radical (unpaired) electrons. The van der Waals surface area contributed by atoms with Crippen LogP contribution < -0.4 is 5.11 Å². The van der Waals surface area contributed by atoms with Crippen LogP contribution in [-0.2, 0) is 0 Å². The molecule has 2 nitrogen and oxygen atoms in total. The number of carbonyl (C=O) groups is 1. The van der Waals surface area contributed by atoms with E-state index >= 15 is 0 Å². The van der Waals surface area contributed by atoms with Gasteiger partial charge in [0.25, 0.3) is 0 Å². The zero-order valence-corrected chi connectivity index (χ0v) is 7.85. The molecule has 3 heteroatoms. The van der Waals surface area contributed by atoms with Crippen LogP contribution in [0.1, 0.15) is 15.2 Å². The number of carbonyl (C=O) groups excluding carboxylic acids is 1.